The average Bonchev–Trinajstić information content (AvgIpc) is 2.70. The van der Waals surface area contributed by atoms with Gasteiger partial charge in [-0.2, -0.15) is 0 Å². The second kappa shape index (κ2) is 6.06. The lowest BCUT2D eigenvalue weighted by Crippen LogP contribution is -2.36. The molecule has 6 heteroatoms. The van der Waals surface area contributed by atoms with Crippen molar-refractivity contribution in [3.05, 3.63) is 30.3 Å². The van der Waals surface area contributed by atoms with Crippen LogP contribution in [-0.4, -0.2) is 38.5 Å². The number of carbonyl (C=O) groups excluding carboxylic acids is 1. The van der Waals surface area contributed by atoms with Gasteiger partial charge < -0.3 is 10.1 Å². The van der Waals surface area contributed by atoms with E-state index in [1.54, 1.807) is 0 Å². The molecule has 1 aliphatic heterocycles. The summed E-state index contributed by atoms with van der Waals surface area (Å²) in [5.74, 6) is 0.772. The monoisotopic (exact) mass is 283 g/mol. The van der Waals surface area contributed by atoms with Crippen molar-refractivity contribution in [3.63, 3.8) is 0 Å². The molecular formula is C13H17NO4S. The average molecular weight is 283 g/mol. The summed E-state index contributed by atoms with van der Waals surface area (Å²) < 4.78 is 27.9. The maximum Gasteiger partial charge on any atom is 0.223 e. The third-order valence-corrected chi connectivity index (χ3v) is 4.71. The molecule has 0 aliphatic carbocycles. The molecular weight excluding hydrogens is 266 g/mol. The van der Waals surface area contributed by atoms with Crippen LogP contribution in [-0.2, 0) is 14.6 Å². The predicted molar refractivity (Wildman–Crippen MR) is 71.8 cm³/mol. The molecule has 0 aromatic heterocycles. The van der Waals surface area contributed by atoms with Gasteiger partial charge in [-0.3, -0.25) is 4.79 Å². The Hall–Kier alpha value is -1.56. The number of ether oxygens (including phenoxy) is 1. The smallest absolute Gasteiger partial charge is 0.223 e. The zero-order chi connectivity index (χ0) is 13.7. The first kappa shape index (κ1) is 13.9. The van der Waals surface area contributed by atoms with E-state index >= 15 is 0 Å². The molecule has 1 unspecified atom stereocenters. The number of amides is 1. The summed E-state index contributed by atoms with van der Waals surface area (Å²) in [6.07, 6.45) is 0.735. The van der Waals surface area contributed by atoms with E-state index in [9.17, 15) is 13.2 Å². The maximum absolute atomic E-state index is 11.6. The molecule has 1 aromatic carbocycles. The molecule has 0 radical (unpaired) electrons. The highest BCUT2D eigenvalue weighted by molar-refractivity contribution is 7.91. The summed E-state index contributed by atoms with van der Waals surface area (Å²) in [5.41, 5.74) is 0. The van der Waals surface area contributed by atoms with Crippen molar-refractivity contribution in [1.82, 2.24) is 5.32 Å². The number of nitrogens with one attached hydrogen (secondary N) is 1. The van der Waals surface area contributed by atoms with Crippen LogP contribution < -0.4 is 10.1 Å². The summed E-state index contributed by atoms with van der Waals surface area (Å²) in [6.45, 7) is 0.287. The Labute approximate surface area is 112 Å². The third kappa shape index (κ3) is 4.55. The zero-order valence-electron chi connectivity index (χ0n) is 10.5. The molecule has 1 saturated heterocycles. The Kier molecular flexibility index (Phi) is 4.42. The Morgan fingerprint density at radius 1 is 1.32 bits per heavy atom. The van der Waals surface area contributed by atoms with Gasteiger partial charge in [-0.15, -0.1) is 0 Å². The van der Waals surface area contributed by atoms with Crippen molar-refractivity contribution in [1.29, 1.82) is 0 Å². The van der Waals surface area contributed by atoms with E-state index in [1.165, 1.54) is 0 Å². The van der Waals surface area contributed by atoms with Crippen LogP contribution in [0.3, 0.4) is 0 Å². The zero-order valence-corrected chi connectivity index (χ0v) is 11.4. The topological polar surface area (TPSA) is 72.5 Å². The van der Waals surface area contributed by atoms with Gasteiger partial charge in [0.2, 0.25) is 5.91 Å². The molecule has 19 heavy (non-hydrogen) atoms. The highest BCUT2D eigenvalue weighted by atomic mass is 32.2. The fraction of sp³-hybridized carbons (Fsp3) is 0.462. The predicted octanol–water partition coefficient (Wildman–Crippen LogP) is 0.759. The van der Waals surface area contributed by atoms with Crippen LogP contribution in [0.5, 0.6) is 5.75 Å². The van der Waals surface area contributed by atoms with Gasteiger partial charge in [0, 0.05) is 6.04 Å². The molecule has 1 aliphatic rings. The molecule has 0 spiro atoms. The van der Waals surface area contributed by atoms with Gasteiger partial charge >= 0.3 is 0 Å². The quantitative estimate of drug-likeness (QED) is 0.866. The molecule has 0 saturated carbocycles. The van der Waals surface area contributed by atoms with E-state index in [2.05, 4.69) is 5.32 Å². The lowest BCUT2D eigenvalue weighted by molar-refractivity contribution is -0.122. The minimum absolute atomic E-state index is 0.0539. The standard InChI is InChI=1S/C13H17NO4S/c15-13(14-11-7-9-19(16,17)10-11)6-8-18-12-4-2-1-3-5-12/h1-5,11H,6-10H2,(H,14,15). The summed E-state index contributed by atoms with van der Waals surface area (Å²) in [5, 5.41) is 2.72. The van der Waals surface area contributed by atoms with E-state index in [0.29, 0.717) is 6.42 Å². The SMILES string of the molecule is O=C(CCOc1ccccc1)NC1CCS(=O)(=O)C1. The van der Waals surface area contributed by atoms with Crippen molar-refractivity contribution in [2.75, 3.05) is 18.1 Å². The lowest BCUT2D eigenvalue weighted by Gasteiger charge is -2.11. The number of rotatable bonds is 5. The third-order valence-electron chi connectivity index (χ3n) is 2.94. The Balaban J connectivity index is 1.68. The molecule has 0 bridgehead atoms. The molecule has 5 nitrogen and oxygen atoms in total. The molecule has 1 fully saturated rings. The van der Waals surface area contributed by atoms with Gasteiger partial charge in [0.15, 0.2) is 9.84 Å². The summed E-state index contributed by atoms with van der Waals surface area (Å²) >= 11 is 0. The molecule has 1 heterocycles. The first-order valence-electron chi connectivity index (χ1n) is 6.23. The van der Waals surface area contributed by atoms with Crippen molar-refractivity contribution in [2.45, 2.75) is 18.9 Å². The number of sulfone groups is 1. The van der Waals surface area contributed by atoms with E-state index in [1.807, 2.05) is 30.3 Å². The molecule has 1 N–H and O–H groups in total. The first-order chi connectivity index (χ1) is 9.05. The fourth-order valence-electron chi connectivity index (χ4n) is 1.99. The summed E-state index contributed by atoms with van der Waals surface area (Å²) in [4.78, 5) is 11.6. The largest absolute Gasteiger partial charge is 0.493 e. The summed E-state index contributed by atoms with van der Waals surface area (Å²) in [6, 6.07) is 9.01. The van der Waals surface area contributed by atoms with Gasteiger partial charge in [-0.25, -0.2) is 8.42 Å². The van der Waals surface area contributed by atoms with Crippen LogP contribution in [0.25, 0.3) is 0 Å². The van der Waals surface area contributed by atoms with Crippen molar-refractivity contribution >= 4 is 15.7 Å². The van der Waals surface area contributed by atoms with E-state index in [-0.39, 0.29) is 36.5 Å². The highest BCUT2D eigenvalue weighted by Crippen LogP contribution is 2.11. The Bertz CT molecular complexity index is 527. The molecule has 1 amide bonds. The maximum atomic E-state index is 11.6. The Morgan fingerprint density at radius 3 is 2.68 bits per heavy atom. The van der Waals surface area contributed by atoms with Gasteiger partial charge in [-0.05, 0) is 18.6 Å². The Morgan fingerprint density at radius 2 is 2.05 bits per heavy atom. The van der Waals surface area contributed by atoms with Crippen LogP contribution in [0.15, 0.2) is 30.3 Å². The van der Waals surface area contributed by atoms with Gasteiger partial charge in [0.05, 0.1) is 24.5 Å². The molecule has 1 aromatic rings. The van der Waals surface area contributed by atoms with Crippen LogP contribution >= 0.6 is 0 Å². The van der Waals surface area contributed by atoms with Crippen LogP contribution in [0.1, 0.15) is 12.8 Å². The van der Waals surface area contributed by atoms with Crippen molar-refractivity contribution in [3.8, 4) is 5.75 Å². The van der Waals surface area contributed by atoms with Crippen LogP contribution in [0.4, 0.5) is 0 Å². The van der Waals surface area contributed by atoms with Gasteiger partial charge in [0.25, 0.3) is 0 Å². The minimum Gasteiger partial charge on any atom is -0.493 e. The van der Waals surface area contributed by atoms with Crippen LogP contribution in [0.2, 0.25) is 0 Å². The fourth-order valence-corrected chi connectivity index (χ4v) is 3.66. The second-order valence-corrected chi connectivity index (χ2v) is 6.81. The second-order valence-electron chi connectivity index (χ2n) is 4.58. The molecule has 1 atom stereocenters. The van der Waals surface area contributed by atoms with Crippen molar-refractivity contribution in [2.24, 2.45) is 0 Å². The highest BCUT2D eigenvalue weighted by Gasteiger charge is 2.28. The van der Waals surface area contributed by atoms with E-state index in [0.717, 1.165) is 5.75 Å². The van der Waals surface area contributed by atoms with Gasteiger partial charge in [0.1, 0.15) is 5.75 Å². The van der Waals surface area contributed by atoms with E-state index < -0.39 is 9.84 Å². The van der Waals surface area contributed by atoms with Gasteiger partial charge in [-0.1, -0.05) is 18.2 Å². The molecule has 104 valence electrons. The first-order valence-corrected chi connectivity index (χ1v) is 8.05. The summed E-state index contributed by atoms with van der Waals surface area (Å²) in [7, 11) is -2.95. The number of benzene rings is 1. The number of para-hydroxylation sites is 1. The van der Waals surface area contributed by atoms with Crippen LogP contribution in [0, 0.1) is 0 Å². The number of carbonyl (C=O) groups is 1. The molecule has 2 rings (SSSR count). The lowest BCUT2D eigenvalue weighted by atomic mass is 10.2. The number of hydrogen-bond acceptors (Lipinski definition) is 4. The minimum atomic E-state index is -2.95. The van der Waals surface area contributed by atoms with E-state index in [4.69, 9.17) is 4.74 Å². The van der Waals surface area contributed by atoms with Crippen molar-refractivity contribution < 1.29 is 17.9 Å². The normalized spacial score (nSPS) is 20.9. The number of hydrogen-bond donors (Lipinski definition) is 1.